The average Bonchev–Trinajstić information content (AvgIpc) is 3.37. The molecule has 4 nitrogen and oxygen atoms in total. The van der Waals surface area contributed by atoms with Crippen LogP contribution in [0, 0.1) is 0 Å². The summed E-state index contributed by atoms with van der Waals surface area (Å²) in [5, 5.41) is 4.36. The molecule has 29 heavy (non-hydrogen) atoms. The minimum Gasteiger partial charge on any atom is -0.281 e. The summed E-state index contributed by atoms with van der Waals surface area (Å²) in [5.41, 5.74) is 1.82. The molecular formula is C21H14ClN3OS3. The van der Waals surface area contributed by atoms with Gasteiger partial charge in [-0.05, 0) is 41.3 Å². The number of thioether (sulfide) groups is 1. The molecule has 1 aromatic carbocycles. The van der Waals surface area contributed by atoms with Crippen molar-refractivity contribution >= 4 is 66.5 Å². The van der Waals surface area contributed by atoms with Crippen molar-refractivity contribution in [2.24, 2.45) is 0 Å². The standard InChI is InChI=1S/C21H14ClN3OS3/c22-14-5-1-4-13(10-14)12-28-21-24-17-16-7-2-8-23-19(16)29-18(17)20(26)25(21)11-15-6-3-9-27-15/h1-10H,11-12H2. The molecule has 4 heterocycles. The largest absolute Gasteiger partial charge is 0.281 e. The summed E-state index contributed by atoms with van der Waals surface area (Å²) in [4.78, 5) is 24.7. The molecule has 8 heteroatoms. The van der Waals surface area contributed by atoms with Crippen LogP contribution in [-0.2, 0) is 12.3 Å². The first-order valence-electron chi connectivity index (χ1n) is 8.87. The van der Waals surface area contributed by atoms with Gasteiger partial charge in [-0.25, -0.2) is 9.97 Å². The Morgan fingerprint density at radius 3 is 2.90 bits per heavy atom. The molecule has 0 saturated heterocycles. The second kappa shape index (κ2) is 7.91. The van der Waals surface area contributed by atoms with Crippen molar-refractivity contribution in [3.63, 3.8) is 0 Å². The van der Waals surface area contributed by atoms with Gasteiger partial charge in [-0.2, -0.15) is 0 Å². The summed E-state index contributed by atoms with van der Waals surface area (Å²) in [6.45, 7) is 0.513. The number of thiophene rings is 2. The molecule has 0 amide bonds. The van der Waals surface area contributed by atoms with Crippen LogP contribution in [0.3, 0.4) is 0 Å². The number of pyridine rings is 1. The Hall–Kier alpha value is -2.19. The molecule has 144 valence electrons. The highest BCUT2D eigenvalue weighted by Crippen LogP contribution is 2.31. The lowest BCUT2D eigenvalue weighted by Crippen LogP contribution is -2.22. The van der Waals surface area contributed by atoms with Crippen LogP contribution in [0.4, 0.5) is 0 Å². The molecule has 0 saturated carbocycles. The first-order valence-corrected chi connectivity index (χ1v) is 11.9. The van der Waals surface area contributed by atoms with Gasteiger partial charge in [0.25, 0.3) is 5.56 Å². The van der Waals surface area contributed by atoms with Gasteiger partial charge in [0.2, 0.25) is 0 Å². The van der Waals surface area contributed by atoms with Gasteiger partial charge < -0.3 is 0 Å². The maximum atomic E-state index is 13.4. The predicted molar refractivity (Wildman–Crippen MR) is 124 cm³/mol. The highest BCUT2D eigenvalue weighted by Gasteiger charge is 2.17. The Bertz CT molecular complexity index is 1380. The summed E-state index contributed by atoms with van der Waals surface area (Å²) in [6.07, 6.45) is 1.75. The number of hydrogen-bond acceptors (Lipinski definition) is 6. The third kappa shape index (κ3) is 3.71. The van der Waals surface area contributed by atoms with E-state index < -0.39 is 0 Å². The lowest BCUT2D eigenvalue weighted by atomic mass is 10.2. The van der Waals surface area contributed by atoms with E-state index in [-0.39, 0.29) is 5.56 Å². The quantitative estimate of drug-likeness (QED) is 0.238. The van der Waals surface area contributed by atoms with E-state index in [4.69, 9.17) is 16.6 Å². The molecule has 0 atom stereocenters. The van der Waals surface area contributed by atoms with Gasteiger partial charge in [0, 0.05) is 27.2 Å². The van der Waals surface area contributed by atoms with Crippen LogP contribution in [-0.4, -0.2) is 14.5 Å². The minimum atomic E-state index is -0.0139. The Morgan fingerprint density at radius 2 is 2.07 bits per heavy atom. The van der Waals surface area contributed by atoms with Crippen molar-refractivity contribution < 1.29 is 0 Å². The summed E-state index contributed by atoms with van der Waals surface area (Å²) in [5.74, 6) is 0.684. The van der Waals surface area contributed by atoms with Gasteiger partial charge in [-0.15, -0.1) is 22.7 Å². The lowest BCUT2D eigenvalue weighted by molar-refractivity contribution is 0.666. The van der Waals surface area contributed by atoms with E-state index in [1.807, 2.05) is 53.9 Å². The number of nitrogens with zero attached hydrogens (tertiary/aromatic N) is 3. The van der Waals surface area contributed by atoms with Crippen molar-refractivity contribution in [1.82, 2.24) is 14.5 Å². The summed E-state index contributed by atoms with van der Waals surface area (Å²) < 4.78 is 2.43. The Morgan fingerprint density at radius 1 is 1.14 bits per heavy atom. The zero-order valence-electron chi connectivity index (χ0n) is 15.0. The van der Waals surface area contributed by atoms with Gasteiger partial charge in [0.05, 0.1) is 12.1 Å². The SMILES string of the molecule is O=c1c2sc3ncccc3c2nc(SCc2cccc(Cl)c2)n1Cc1cccs1. The van der Waals surface area contributed by atoms with E-state index >= 15 is 0 Å². The van der Waals surface area contributed by atoms with Crippen LogP contribution in [0.25, 0.3) is 20.4 Å². The average molecular weight is 456 g/mol. The van der Waals surface area contributed by atoms with Gasteiger partial charge in [-0.1, -0.05) is 41.6 Å². The normalized spacial score (nSPS) is 11.5. The van der Waals surface area contributed by atoms with Crippen molar-refractivity contribution in [3.05, 3.63) is 85.9 Å². The fraction of sp³-hybridized carbons (Fsp3) is 0.0952. The van der Waals surface area contributed by atoms with Crippen LogP contribution >= 0.6 is 46.0 Å². The molecule has 4 aromatic heterocycles. The highest BCUT2D eigenvalue weighted by molar-refractivity contribution is 7.98. The maximum Gasteiger partial charge on any atom is 0.272 e. The minimum absolute atomic E-state index is 0.0139. The van der Waals surface area contributed by atoms with Crippen LogP contribution < -0.4 is 5.56 Å². The van der Waals surface area contributed by atoms with E-state index in [9.17, 15) is 4.79 Å². The molecule has 0 N–H and O–H groups in total. The van der Waals surface area contributed by atoms with E-state index in [1.54, 1.807) is 33.9 Å². The molecule has 0 spiro atoms. The van der Waals surface area contributed by atoms with Crippen molar-refractivity contribution in [2.45, 2.75) is 17.5 Å². The Kier molecular flexibility index (Phi) is 5.13. The topological polar surface area (TPSA) is 47.8 Å². The first-order chi connectivity index (χ1) is 14.2. The number of hydrogen-bond donors (Lipinski definition) is 0. The Labute approximate surface area is 183 Å². The maximum absolute atomic E-state index is 13.4. The molecule has 0 aliphatic heterocycles. The van der Waals surface area contributed by atoms with Gasteiger partial charge in [-0.3, -0.25) is 9.36 Å². The molecule has 0 radical (unpaired) electrons. The fourth-order valence-corrected chi connectivity index (χ4v) is 6.00. The predicted octanol–water partition coefficient (Wildman–Crippen LogP) is 6.06. The van der Waals surface area contributed by atoms with Crippen LogP contribution in [0.15, 0.2) is 70.1 Å². The molecule has 0 aliphatic carbocycles. The van der Waals surface area contributed by atoms with Crippen molar-refractivity contribution in [2.75, 3.05) is 0 Å². The third-order valence-corrected chi connectivity index (χ3v) is 7.70. The van der Waals surface area contributed by atoms with Crippen LogP contribution in [0.5, 0.6) is 0 Å². The molecule has 5 rings (SSSR count). The van der Waals surface area contributed by atoms with Gasteiger partial charge in [0.15, 0.2) is 5.16 Å². The lowest BCUT2D eigenvalue weighted by Gasteiger charge is -2.11. The number of fused-ring (bicyclic) bond motifs is 3. The summed E-state index contributed by atoms with van der Waals surface area (Å²) in [6, 6.07) is 15.7. The number of benzene rings is 1. The molecular weight excluding hydrogens is 442 g/mol. The number of aromatic nitrogens is 3. The van der Waals surface area contributed by atoms with Crippen LogP contribution in [0.2, 0.25) is 5.02 Å². The molecule has 0 bridgehead atoms. The monoisotopic (exact) mass is 455 g/mol. The van der Waals surface area contributed by atoms with Gasteiger partial charge in [0.1, 0.15) is 9.53 Å². The van der Waals surface area contributed by atoms with Crippen LogP contribution in [0.1, 0.15) is 10.4 Å². The fourth-order valence-electron chi connectivity index (χ4n) is 3.12. The summed E-state index contributed by atoms with van der Waals surface area (Å²) >= 11 is 10.7. The number of rotatable bonds is 5. The highest BCUT2D eigenvalue weighted by atomic mass is 35.5. The van der Waals surface area contributed by atoms with Crippen molar-refractivity contribution in [1.29, 1.82) is 0 Å². The second-order valence-corrected chi connectivity index (χ2v) is 9.83. The summed E-state index contributed by atoms with van der Waals surface area (Å²) in [7, 11) is 0. The molecule has 0 aliphatic rings. The second-order valence-electron chi connectivity index (χ2n) is 6.42. The van der Waals surface area contributed by atoms with Crippen molar-refractivity contribution in [3.8, 4) is 0 Å². The number of halogens is 1. The molecule has 0 unspecified atom stereocenters. The first kappa shape index (κ1) is 18.8. The molecule has 0 fully saturated rings. The third-order valence-electron chi connectivity index (χ3n) is 4.47. The van der Waals surface area contributed by atoms with E-state index in [2.05, 4.69) is 4.98 Å². The Balaban J connectivity index is 1.64. The smallest absolute Gasteiger partial charge is 0.272 e. The molecule has 5 aromatic rings. The zero-order chi connectivity index (χ0) is 19.8. The van der Waals surface area contributed by atoms with E-state index in [0.717, 1.165) is 26.2 Å². The van der Waals surface area contributed by atoms with Gasteiger partial charge >= 0.3 is 0 Å². The zero-order valence-corrected chi connectivity index (χ0v) is 18.2. The van der Waals surface area contributed by atoms with E-state index in [0.29, 0.717) is 27.2 Å². The van der Waals surface area contributed by atoms with E-state index in [1.165, 1.54) is 11.3 Å².